The minimum atomic E-state index is -0.729. The highest BCUT2D eigenvalue weighted by Gasteiger charge is 2.44. The van der Waals surface area contributed by atoms with E-state index >= 15 is 4.39 Å². The fraction of sp³-hybridized carbons (Fsp3) is 0.625. The first-order chi connectivity index (χ1) is 16.1. The Morgan fingerprint density at radius 3 is 2.50 bits per heavy atom. The van der Waals surface area contributed by atoms with Crippen LogP contribution in [0.25, 0.3) is 0 Å². The summed E-state index contributed by atoms with van der Waals surface area (Å²) >= 11 is 0. The van der Waals surface area contributed by atoms with Crippen LogP contribution in [0, 0.1) is 5.82 Å². The van der Waals surface area contributed by atoms with Gasteiger partial charge >= 0.3 is 6.09 Å². The quantitative estimate of drug-likeness (QED) is 0.615. The number of guanidine groups is 2. The maximum Gasteiger partial charge on any atom is 0.410 e. The SMILES string of the molecule is CC(C)(C)OC(=O)N1CCC(Nc2cccc(F)c2N2C(N)=NC(N)=NC23CCCCC3)CC1. The van der Waals surface area contributed by atoms with Gasteiger partial charge in [-0.25, -0.2) is 14.2 Å². The van der Waals surface area contributed by atoms with Crippen molar-refractivity contribution in [3.63, 3.8) is 0 Å². The van der Waals surface area contributed by atoms with Gasteiger partial charge in [0, 0.05) is 19.1 Å². The number of nitrogens with zero attached hydrogens (tertiary/aromatic N) is 4. The molecule has 0 bridgehead atoms. The second-order valence-electron chi connectivity index (χ2n) is 10.3. The van der Waals surface area contributed by atoms with Gasteiger partial charge in [-0.05, 0) is 71.4 Å². The minimum Gasteiger partial charge on any atom is -0.444 e. The number of rotatable bonds is 3. The Bertz CT molecular complexity index is 974. The molecule has 0 aromatic heterocycles. The number of carbonyl (C=O) groups is 1. The summed E-state index contributed by atoms with van der Waals surface area (Å²) < 4.78 is 20.9. The number of carbonyl (C=O) groups excluding carboxylic acids is 1. The lowest BCUT2D eigenvalue weighted by molar-refractivity contribution is 0.0210. The zero-order chi connectivity index (χ0) is 24.5. The molecule has 5 N–H and O–H groups in total. The van der Waals surface area contributed by atoms with Crippen molar-refractivity contribution in [3.05, 3.63) is 24.0 Å². The van der Waals surface area contributed by atoms with Crippen molar-refractivity contribution in [3.8, 4) is 0 Å². The summed E-state index contributed by atoms with van der Waals surface area (Å²) in [7, 11) is 0. The number of hydrogen-bond donors (Lipinski definition) is 3. The predicted molar refractivity (Wildman–Crippen MR) is 132 cm³/mol. The van der Waals surface area contributed by atoms with Gasteiger partial charge in [-0.2, -0.15) is 4.99 Å². The van der Waals surface area contributed by atoms with Crippen molar-refractivity contribution in [1.82, 2.24) is 4.90 Å². The lowest BCUT2D eigenvalue weighted by Crippen LogP contribution is -2.58. The second kappa shape index (κ2) is 9.31. The van der Waals surface area contributed by atoms with E-state index in [1.54, 1.807) is 15.9 Å². The topological polar surface area (TPSA) is 122 Å². The molecule has 0 atom stereocenters. The number of ether oxygens (including phenoxy) is 1. The molecule has 10 heteroatoms. The molecule has 2 heterocycles. The van der Waals surface area contributed by atoms with Crippen molar-refractivity contribution in [2.75, 3.05) is 23.3 Å². The van der Waals surface area contributed by atoms with E-state index in [2.05, 4.69) is 15.3 Å². The van der Waals surface area contributed by atoms with E-state index in [9.17, 15) is 4.79 Å². The van der Waals surface area contributed by atoms with Gasteiger partial charge in [0.25, 0.3) is 0 Å². The highest BCUT2D eigenvalue weighted by Crippen LogP contribution is 2.43. The maximum absolute atomic E-state index is 15.4. The standard InChI is InChI=1S/C24H36FN7O2/c1-23(2,3)34-22(33)31-14-10-16(11-15-31)28-18-9-7-8-17(25)19(18)32-21(27)29-20(26)30-24(32)12-5-4-6-13-24/h7-9,16,28H,4-6,10-15H2,1-3H3,(H4,26,27,29,30). The molecule has 4 rings (SSSR count). The molecule has 2 aliphatic heterocycles. The van der Waals surface area contributed by atoms with Crippen LogP contribution in [-0.4, -0.2) is 53.3 Å². The Hall–Kier alpha value is -3.04. The van der Waals surface area contributed by atoms with E-state index in [-0.39, 0.29) is 24.1 Å². The van der Waals surface area contributed by atoms with Crippen LogP contribution < -0.4 is 21.7 Å². The maximum atomic E-state index is 15.4. The van der Waals surface area contributed by atoms with Crippen molar-refractivity contribution < 1.29 is 13.9 Å². The molecule has 0 radical (unpaired) electrons. The van der Waals surface area contributed by atoms with E-state index in [0.29, 0.717) is 24.5 Å². The summed E-state index contributed by atoms with van der Waals surface area (Å²) in [4.78, 5) is 24.7. The Morgan fingerprint density at radius 1 is 1.18 bits per heavy atom. The van der Waals surface area contributed by atoms with Crippen LogP contribution in [0.1, 0.15) is 65.7 Å². The van der Waals surface area contributed by atoms with Crippen molar-refractivity contribution in [2.24, 2.45) is 21.5 Å². The summed E-state index contributed by atoms with van der Waals surface area (Å²) in [6.07, 6.45) is 5.61. The Balaban J connectivity index is 1.54. The molecule has 2 fully saturated rings. The molecule has 1 saturated heterocycles. The number of para-hydroxylation sites is 1. The van der Waals surface area contributed by atoms with Crippen LogP contribution in [0.5, 0.6) is 0 Å². The van der Waals surface area contributed by atoms with Crippen LogP contribution in [-0.2, 0) is 4.74 Å². The predicted octanol–water partition coefficient (Wildman–Crippen LogP) is 3.75. The van der Waals surface area contributed by atoms with E-state index < -0.39 is 17.1 Å². The third-order valence-corrected chi connectivity index (χ3v) is 6.57. The molecule has 1 aliphatic carbocycles. The van der Waals surface area contributed by atoms with E-state index in [4.69, 9.17) is 16.2 Å². The average molecular weight is 474 g/mol. The second-order valence-corrected chi connectivity index (χ2v) is 10.3. The van der Waals surface area contributed by atoms with Crippen LogP contribution in [0.4, 0.5) is 20.6 Å². The number of hydrogen-bond acceptors (Lipinski definition) is 8. The minimum absolute atomic E-state index is 0.0677. The molecule has 1 aromatic rings. The van der Waals surface area contributed by atoms with Gasteiger partial charge in [-0.3, -0.25) is 4.90 Å². The number of nitrogens with one attached hydrogen (secondary N) is 1. The van der Waals surface area contributed by atoms with Crippen LogP contribution in [0.2, 0.25) is 0 Å². The summed E-state index contributed by atoms with van der Waals surface area (Å²) in [5.74, 6) is -0.103. The first kappa shape index (κ1) is 24.1. The molecule has 1 aromatic carbocycles. The first-order valence-electron chi connectivity index (χ1n) is 12.1. The summed E-state index contributed by atoms with van der Waals surface area (Å²) in [6, 6.07) is 5.03. The number of halogens is 1. The van der Waals surface area contributed by atoms with E-state index in [0.717, 1.165) is 44.9 Å². The number of anilines is 2. The van der Waals surface area contributed by atoms with Crippen LogP contribution in [0.3, 0.4) is 0 Å². The zero-order valence-corrected chi connectivity index (χ0v) is 20.3. The summed E-state index contributed by atoms with van der Waals surface area (Å²) in [5.41, 5.74) is 12.0. The highest BCUT2D eigenvalue weighted by atomic mass is 19.1. The molecule has 0 unspecified atom stereocenters. The number of amides is 1. The number of piperidine rings is 1. The van der Waals surface area contributed by atoms with Crippen LogP contribution in [0.15, 0.2) is 28.2 Å². The van der Waals surface area contributed by atoms with Crippen molar-refractivity contribution >= 4 is 29.4 Å². The monoisotopic (exact) mass is 473 g/mol. The van der Waals surface area contributed by atoms with E-state index in [1.165, 1.54) is 6.07 Å². The van der Waals surface area contributed by atoms with Gasteiger partial charge in [0.05, 0.1) is 5.69 Å². The molecule has 186 valence electrons. The molecule has 34 heavy (non-hydrogen) atoms. The number of nitrogens with two attached hydrogens (primary N) is 2. The number of aliphatic imine (C=N–C) groups is 2. The Morgan fingerprint density at radius 2 is 1.85 bits per heavy atom. The highest BCUT2D eigenvalue weighted by molar-refractivity contribution is 6.07. The summed E-state index contributed by atoms with van der Waals surface area (Å²) in [5, 5.41) is 3.50. The number of benzene rings is 1. The largest absolute Gasteiger partial charge is 0.444 e. The first-order valence-corrected chi connectivity index (χ1v) is 12.1. The Kier molecular flexibility index (Phi) is 6.60. The van der Waals surface area contributed by atoms with Gasteiger partial charge in [-0.1, -0.05) is 12.5 Å². The lowest BCUT2D eigenvalue weighted by atomic mass is 9.87. The van der Waals surface area contributed by atoms with Gasteiger partial charge in [-0.15, -0.1) is 0 Å². The van der Waals surface area contributed by atoms with Gasteiger partial charge in [0.15, 0.2) is 0 Å². The fourth-order valence-electron chi connectivity index (χ4n) is 5.06. The molecule has 1 amide bonds. The molecule has 1 spiro atoms. The third-order valence-electron chi connectivity index (χ3n) is 6.57. The lowest BCUT2D eigenvalue weighted by Gasteiger charge is -2.46. The Labute approximate surface area is 200 Å². The van der Waals surface area contributed by atoms with Crippen molar-refractivity contribution in [2.45, 2.75) is 83.0 Å². The third kappa shape index (κ3) is 5.05. The van der Waals surface area contributed by atoms with Crippen LogP contribution >= 0.6 is 0 Å². The fourth-order valence-corrected chi connectivity index (χ4v) is 5.06. The van der Waals surface area contributed by atoms with Gasteiger partial charge in [0.1, 0.15) is 22.8 Å². The zero-order valence-electron chi connectivity index (χ0n) is 20.3. The molecule has 9 nitrogen and oxygen atoms in total. The normalized spacial score (nSPS) is 21.2. The number of likely N-dealkylation sites (tertiary alicyclic amines) is 1. The van der Waals surface area contributed by atoms with E-state index in [1.807, 2.05) is 26.8 Å². The molecule has 3 aliphatic rings. The molecular weight excluding hydrogens is 437 g/mol. The van der Waals surface area contributed by atoms with Gasteiger partial charge < -0.3 is 26.4 Å². The summed E-state index contributed by atoms with van der Waals surface area (Å²) in [6.45, 7) is 6.70. The van der Waals surface area contributed by atoms with Gasteiger partial charge in [0.2, 0.25) is 11.9 Å². The molecule has 1 saturated carbocycles. The smallest absolute Gasteiger partial charge is 0.410 e. The van der Waals surface area contributed by atoms with Crippen molar-refractivity contribution in [1.29, 1.82) is 0 Å². The average Bonchev–Trinajstić information content (AvgIpc) is 2.75. The molecular formula is C24H36FN7O2.